The van der Waals surface area contributed by atoms with E-state index in [0.717, 1.165) is 5.56 Å². The Labute approximate surface area is 165 Å². The molecule has 1 saturated carbocycles. The molecule has 5 heteroatoms. The van der Waals surface area contributed by atoms with Crippen molar-refractivity contribution in [3.05, 3.63) is 65.2 Å². The Hall–Kier alpha value is -3.13. The van der Waals surface area contributed by atoms with Crippen LogP contribution in [0.15, 0.2) is 48.5 Å². The molecule has 1 aliphatic carbocycles. The van der Waals surface area contributed by atoms with Crippen LogP contribution < -0.4 is 5.32 Å². The van der Waals surface area contributed by atoms with Crippen LogP contribution in [0.2, 0.25) is 0 Å². The van der Waals surface area contributed by atoms with Gasteiger partial charge in [-0.25, -0.2) is 4.79 Å². The lowest BCUT2D eigenvalue weighted by Crippen LogP contribution is -2.21. The summed E-state index contributed by atoms with van der Waals surface area (Å²) >= 11 is 0. The number of ether oxygens (including phenoxy) is 1. The first-order valence-corrected chi connectivity index (χ1v) is 9.68. The third-order valence-electron chi connectivity index (χ3n) is 5.08. The third kappa shape index (κ3) is 5.43. The van der Waals surface area contributed by atoms with Crippen LogP contribution in [0.5, 0.6) is 0 Å². The summed E-state index contributed by atoms with van der Waals surface area (Å²) in [5.41, 5.74) is 3.20. The van der Waals surface area contributed by atoms with Gasteiger partial charge in [0.05, 0.1) is 18.1 Å². The quantitative estimate of drug-likeness (QED) is 0.748. The Balaban J connectivity index is 1.47. The molecule has 1 aliphatic rings. The molecule has 0 bridgehead atoms. The van der Waals surface area contributed by atoms with Crippen LogP contribution in [-0.4, -0.2) is 18.5 Å². The van der Waals surface area contributed by atoms with Gasteiger partial charge in [0.1, 0.15) is 0 Å². The van der Waals surface area contributed by atoms with Crippen molar-refractivity contribution >= 4 is 17.6 Å². The number of esters is 1. The maximum atomic E-state index is 12.2. The van der Waals surface area contributed by atoms with Crippen molar-refractivity contribution < 1.29 is 14.3 Å². The highest BCUT2D eigenvalue weighted by Gasteiger charge is 2.16. The highest BCUT2D eigenvalue weighted by Crippen LogP contribution is 2.32. The Morgan fingerprint density at radius 1 is 1.00 bits per heavy atom. The number of carbonyl (C=O) groups is 2. The second-order valence-electron chi connectivity index (χ2n) is 7.11. The highest BCUT2D eigenvalue weighted by molar-refractivity contribution is 5.95. The summed E-state index contributed by atoms with van der Waals surface area (Å²) in [4.78, 5) is 24.2. The molecule has 0 heterocycles. The van der Waals surface area contributed by atoms with E-state index in [2.05, 4.69) is 11.4 Å². The van der Waals surface area contributed by atoms with Gasteiger partial charge in [0.2, 0.25) is 0 Å². The number of hydrogen-bond donors (Lipinski definition) is 1. The fraction of sp³-hybridized carbons (Fsp3) is 0.348. The zero-order valence-electron chi connectivity index (χ0n) is 15.8. The van der Waals surface area contributed by atoms with Gasteiger partial charge in [0, 0.05) is 5.69 Å². The van der Waals surface area contributed by atoms with Gasteiger partial charge in [-0.05, 0) is 54.2 Å². The van der Waals surface area contributed by atoms with Gasteiger partial charge in [-0.15, -0.1) is 0 Å². The number of amides is 1. The predicted octanol–water partition coefficient (Wildman–Crippen LogP) is 4.60. The lowest BCUT2D eigenvalue weighted by atomic mass is 9.84. The molecule has 5 nitrogen and oxygen atoms in total. The first kappa shape index (κ1) is 19.6. The van der Waals surface area contributed by atoms with Crippen LogP contribution in [0.4, 0.5) is 5.69 Å². The topological polar surface area (TPSA) is 79.2 Å². The van der Waals surface area contributed by atoms with Crippen molar-refractivity contribution in [1.29, 1.82) is 5.26 Å². The highest BCUT2D eigenvalue weighted by atomic mass is 16.5. The fourth-order valence-corrected chi connectivity index (χ4v) is 3.54. The molecule has 28 heavy (non-hydrogen) atoms. The molecule has 3 rings (SSSR count). The standard InChI is InChI=1S/C23H24N2O3/c24-15-14-17-6-12-21(13-7-17)25-22(26)16-28-23(27)20-10-8-19(9-11-20)18-4-2-1-3-5-18/h6-13,18H,1-5,14,16H2,(H,25,26). The molecule has 0 spiro atoms. The SMILES string of the molecule is N#CCc1ccc(NC(=O)COC(=O)c2ccc(C3CCCCC3)cc2)cc1. The minimum absolute atomic E-state index is 0.325. The van der Waals surface area contributed by atoms with Gasteiger partial charge in [-0.2, -0.15) is 5.26 Å². The normalized spacial score (nSPS) is 14.1. The van der Waals surface area contributed by atoms with E-state index in [9.17, 15) is 9.59 Å². The van der Waals surface area contributed by atoms with Crippen LogP contribution >= 0.6 is 0 Å². The summed E-state index contributed by atoms with van der Waals surface area (Å²) in [7, 11) is 0. The van der Waals surface area contributed by atoms with Gasteiger partial charge in [-0.3, -0.25) is 4.79 Å². The van der Waals surface area contributed by atoms with Crippen molar-refractivity contribution in [3.63, 3.8) is 0 Å². The zero-order valence-corrected chi connectivity index (χ0v) is 15.8. The van der Waals surface area contributed by atoms with Crippen molar-refractivity contribution in [2.75, 3.05) is 11.9 Å². The fourth-order valence-electron chi connectivity index (χ4n) is 3.54. The molecule has 1 N–H and O–H groups in total. The van der Waals surface area contributed by atoms with Crippen molar-refractivity contribution in [2.24, 2.45) is 0 Å². The molecule has 0 saturated heterocycles. The molecule has 0 atom stereocenters. The Kier molecular flexibility index (Phi) is 6.80. The third-order valence-corrected chi connectivity index (χ3v) is 5.08. The number of nitrogens with zero attached hydrogens (tertiary/aromatic N) is 1. The maximum Gasteiger partial charge on any atom is 0.338 e. The molecule has 2 aromatic carbocycles. The molecule has 0 aliphatic heterocycles. The van der Waals surface area contributed by atoms with E-state index >= 15 is 0 Å². The number of hydrogen-bond acceptors (Lipinski definition) is 4. The van der Waals surface area contributed by atoms with Gasteiger partial charge in [0.15, 0.2) is 6.61 Å². The largest absolute Gasteiger partial charge is 0.452 e. The second-order valence-corrected chi connectivity index (χ2v) is 7.11. The average Bonchev–Trinajstić information content (AvgIpc) is 2.74. The van der Waals surface area contributed by atoms with Gasteiger partial charge in [-0.1, -0.05) is 43.5 Å². The van der Waals surface area contributed by atoms with E-state index in [0.29, 0.717) is 23.6 Å². The van der Waals surface area contributed by atoms with E-state index in [1.54, 1.807) is 36.4 Å². The first-order chi connectivity index (χ1) is 13.7. The van der Waals surface area contributed by atoms with Crippen LogP contribution in [0.1, 0.15) is 59.5 Å². The van der Waals surface area contributed by atoms with Crippen LogP contribution in [0, 0.1) is 11.3 Å². The smallest absolute Gasteiger partial charge is 0.338 e. The maximum absolute atomic E-state index is 12.2. The number of rotatable bonds is 6. The summed E-state index contributed by atoms with van der Waals surface area (Å²) in [6, 6.07) is 16.6. The molecule has 144 valence electrons. The summed E-state index contributed by atoms with van der Waals surface area (Å²) in [6.07, 6.45) is 6.59. The van der Waals surface area contributed by atoms with Crippen molar-refractivity contribution in [1.82, 2.24) is 0 Å². The molecule has 2 aromatic rings. The van der Waals surface area contributed by atoms with Crippen LogP contribution in [-0.2, 0) is 16.0 Å². The monoisotopic (exact) mass is 376 g/mol. The summed E-state index contributed by atoms with van der Waals surface area (Å²) in [5, 5.41) is 11.3. The lowest BCUT2D eigenvalue weighted by molar-refractivity contribution is -0.119. The Bertz CT molecular complexity index is 845. The molecule has 0 radical (unpaired) electrons. The zero-order chi connectivity index (χ0) is 19.8. The number of nitrogens with one attached hydrogen (secondary N) is 1. The van der Waals surface area contributed by atoms with E-state index in [1.807, 2.05) is 12.1 Å². The van der Waals surface area contributed by atoms with Crippen LogP contribution in [0.25, 0.3) is 0 Å². The minimum Gasteiger partial charge on any atom is -0.452 e. The molecule has 1 fully saturated rings. The Morgan fingerprint density at radius 2 is 1.68 bits per heavy atom. The lowest BCUT2D eigenvalue weighted by Gasteiger charge is -2.21. The molecular weight excluding hydrogens is 352 g/mol. The molecule has 0 unspecified atom stereocenters. The van der Waals surface area contributed by atoms with Crippen LogP contribution in [0.3, 0.4) is 0 Å². The number of nitriles is 1. The van der Waals surface area contributed by atoms with Gasteiger partial charge in [0.25, 0.3) is 5.91 Å². The molecule has 0 aromatic heterocycles. The van der Waals surface area contributed by atoms with E-state index < -0.39 is 11.9 Å². The number of benzene rings is 2. The first-order valence-electron chi connectivity index (χ1n) is 9.68. The molecule has 1 amide bonds. The average molecular weight is 376 g/mol. The number of anilines is 1. The van der Waals surface area contributed by atoms with Crippen molar-refractivity contribution in [3.8, 4) is 6.07 Å². The summed E-state index contributed by atoms with van der Waals surface area (Å²) in [6.45, 7) is -0.344. The predicted molar refractivity (Wildman–Crippen MR) is 107 cm³/mol. The van der Waals surface area contributed by atoms with E-state index in [1.165, 1.54) is 37.7 Å². The van der Waals surface area contributed by atoms with Gasteiger partial charge >= 0.3 is 5.97 Å². The van der Waals surface area contributed by atoms with Crippen molar-refractivity contribution in [2.45, 2.75) is 44.4 Å². The van der Waals surface area contributed by atoms with E-state index in [4.69, 9.17) is 10.00 Å². The van der Waals surface area contributed by atoms with Gasteiger partial charge < -0.3 is 10.1 Å². The Morgan fingerprint density at radius 3 is 2.32 bits per heavy atom. The number of carbonyl (C=O) groups excluding carboxylic acids is 2. The summed E-state index contributed by atoms with van der Waals surface area (Å²) in [5.74, 6) is -0.320. The summed E-state index contributed by atoms with van der Waals surface area (Å²) < 4.78 is 5.12. The van der Waals surface area contributed by atoms with E-state index in [-0.39, 0.29) is 6.61 Å². The second kappa shape index (κ2) is 9.70. The molecular formula is C23H24N2O3. The minimum atomic E-state index is -0.505.